The molecule has 0 aliphatic rings. The Labute approximate surface area is 91.2 Å². The van der Waals surface area contributed by atoms with Gasteiger partial charge in [-0.1, -0.05) is 20.3 Å². The molecule has 0 aromatic heterocycles. The van der Waals surface area contributed by atoms with Gasteiger partial charge in [0.05, 0.1) is 19.4 Å². The summed E-state index contributed by atoms with van der Waals surface area (Å²) in [5, 5.41) is 0. The lowest BCUT2D eigenvalue weighted by Crippen LogP contribution is -2.07. The molecule has 1 atom stereocenters. The van der Waals surface area contributed by atoms with Crippen molar-refractivity contribution in [1.29, 1.82) is 0 Å². The quantitative estimate of drug-likeness (QED) is 0.758. The first-order chi connectivity index (χ1) is 7.17. The summed E-state index contributed by atoms with van der Waals surface area (Å²) >= 11 is 0. The maximum atomic E-state index is 5.77. The molecule has 3 heteroatoms. The van der Waals surface area contributed by atoms with Crippen LogP contribution >= 0.6 is 0 Å². The number of rotatable bonds is 5. The van der Waals surface area contributed by atoms with Crippen LogP contribution in [0.1, 0.15) is 20.3 Å². The second kappa shape index (κ2) is 5.49. The maximum Gasteiger partial charge on any atom is 0.142 e. The zero-order chi connectivity index (χ0) is 11.3. The maximum absolute atomic E-state index is 5.77. The SMILES string of the molecule is CCC(C)COc1ccc(OC)c(N)c1. The summed E-state index contributed by atoms with van der Waals surface area (Å²) in [7, 11) is 1.60. The van der Waals surface area contributed by atoms with E-state index in [1.165, 1.54) is 0 Å². The van der Waals surface area contributed by atoms with Gasteiger partial charge >= 0.3 is 0 Å². The molecule has 0 bridgehead atoms. The van der Waals surface area contributed by atoms with Crippen molar-refractivity contribution < 1.29 is 9.47 Å². The Morgan fingerprint density at radius 1 is 1.40 bits per heavy atom. The second-order valence-electron chi connectivity index (χ2n) is 3.73. The van der Waals surface area contributed by atoms with Crippen molar-refractivity contribution in [2.24, 2.45) is 5.92 Å². The number of anilines is 1. The van der Waals surface area contributed by atoms with Crippen LogP contribution in [0, 0.1) is 5.92 Å². The van der Waals surface area contributed by atoms with E-state index >= 15 is 0 Å². The van der Waals surface area contributed by atoms with E-state index in [-0.39, 0.29) is 0 Å². The van der Waals surface area contributed by atoms with E-state index in [2.05, 4.69) is 13.8 Å². The van der Waals surface area contributed by atoms with Gasteiger partial charge in [0.15, 0.2) is 0 Å². The Bertz CT molecular complexity index is 312. The Balaban J connectivity index is 2.59. The van der Waals surface area contributed by atoms with Gasteiger partial charge in [0.2, 0.25) is 0 Å². The first kappa shape index (κ1) is 11.7. The number of ether oxygens (including phenoxy) is 2. The van der Waals surface area contributed by atoms with Crippen LogP contribution in [0.2, 0.25) is 0 Å². The summed E-state index contributed by atoms with van der Waals surface area (Å²) in [5.41, 5.74) is 6.38. The molecule has 3 nitrogen and oxygen atoms in total. The monoisotopic (exact) mass is 209 g/mol. The van der Waals surface area contributed by atoms with Crippen LogP contribution in [0.15, 0.2) is 18.2 Å². The highest BCUT2D eigenvalue weighted by Gasteiger charge is 2.03. The first-order valence-corrected chi connectivity index (χ1v) is 5.23. The van der Waals surface area contributed by atoms with Crippen LogP contribution < -0.4 is 15.2 Å². The van der Waals surface area contributed by atoms with Crippen LogP contribution in [0.3, 0.4) is 0 Å². The molecule has 0 saturated carbocycles. The third-order valence-corrected chi connectivity index (χ3v) is 2.43. The molecule has 1 unspecified atom stereocenters. The average Bonchev–Trinajstić information content (AvgIpc) is 2.26. The van der Waals surface area contributed by atoms with E-state index in [0.717, 1.165) is 18.8 Å². The summed E-state index contributed by atoms with van der Waals surface area (Å²) in [6.45, 7) is 5.03. The van der Waals surface area contributed by atoms with Crippen molar-refractivity contribution in [2.45, 2.75) is 20.3 Å². The van der Waals surface area contributed by atoms with Crippen molar-refractivity contribution in [3.8, 4) is 11.5 Å². The standard InChI is InChI=1S/C12H19NO2/c1-4-9(2)8-15-10-5-6-12(14-3)11(13)7-10/h5-7,9H,4,8,13H2,1-3H3. The molecule has 0 aliphatic carbocycles. The number of hydrogen-bond donors (Lipinski definition) is 1. The van der Waals surface area contributed by atoms with E-state index < -0.39 is 0 Å². The smallest absolute Gasteiger partial charge is 0.142 e. The topological polar surface area (TPSA) is 44.5 Å². The summed E-state index contributed by atoms with van der Waals surface area (Å²) in [5.74, 6) is 2.05. The molecule has 0 saturated heterocycles. The van der Waals surface area contributed by atoms with Crippen LogP contribution in [0.5, 0.6) is 11.5 Å². The zero-order valence-corrected chi connectivity index (χ0v) is 9.62. The van der Waals surface area contributed by atoms with Gasteiger partial charge < -0.3 is 15.2 Å². The van der Waals surface area contributed by atoms with Gasteiger partial charge in [-0.2, -0.15) is 0 Å². The third-order valence-electron chi connectivity index (χ3n) is 2.43. The van der Waals surface area contributed by atoms with Gasteiger partial charge in [-0.25, -0.2) is 0 Å². The highest BCUT2D eigenvalue weighted by molar-refractivity contribution is 5.56. The molecule has 0 fully saturated rings. The largest absolute Gasteiger partial charge is 0.495 e. The molecule has 0 aliphatic heterocycles. The number of methoxy groups -OCH3 is 1. The normalized spacial score (nSPS) is 12.2. The fourth-order valence-electron chi connectivity index (χ4n) is 1.16. The molecule has 0 amide bonds. The Morgan fingerprint density at radius 3 is 2.67 bits per heavy atom. The van der Waals surface area contributed by atoms with Gasteiger partial charge in [0.1, 0.15) is 11.5 Å². The van der Waals surface area contributed by atoms with Crippen LogP contribution in [-0.4, -0.2) is 13.7 Å². The molecule has 1 aromatic carbocycles. The van der Waals surface area contributed by atoms with E-state index in [0.29, 0.717) is 17.4 Å². The Morgan fingerprint density at radius 2 is 2.13 bits per heavy atom. The molecule has 84 valence electrons. The minimum absolute atomic E-state index is 0.563. The summed E-state index contributed by atoms with van der Waals surface area (Å²) in [6.07, 6.45) is 1.12. The number of nitrogens with two attached hydrogens (primary N) is 1. The molecule has 15 heavy (non-hydrogen) atoms. The fourth-order valence-corrected chi connectivity index (χ4v) is 1.16. The Kier molecular flexibility index (Phi) is 4.28. The van der Waals surface area contributed by atoms with Crippen molar-refractivity contribution in [3.63, 3.8) is 0 Å². The molecular weight excluding hydrogens is 190 g/mol. The minimum Gasteiger partial charge on any atom is -0.495 e. The van der Waals surface area contributed by atoms with Gasteiger partial charge in [0.25, 0.3) is 0 Å². The van der Waals surface area contributed by atoms with Gasteiger partial charge in [0, 0.05) is 6.07 Å². The third kappa shape index (κ3) is 3.35. The minimum atomic E-state index is 0.563. The molecule has 2 N–H and O–H groups in total. The number of nitrogen functional groups attached to an aromatic ring is 1. The van der Waals surface area contributed by atoms with Crippen molar-refractivity contribution in [1.82, 2.24) is 0 Å². The van der Waals surface area contributed by atoms with Crippen LogP contribution in [0.25, 0.3) is 0 Å². The molecule has 0 radical (unpaired) electrons. The molecule has 0 heterocycles. The fraction of sp³-hybridized carbons (Fsp3) is 0.500. The molecule has 1 rings (SSSR count). The predicted molar refractivity (Wildman–Crippen MR) is 62.4 cm³/mol. The van der Waals surface area contributed by atoms with Crippen molar-refractivity contribution >= 4 is 5.69 Å². The van der Waals surface area contributed by atoms with Gasteiger partial charge in [-0.15, -0.1) is 0 Å². The second-order valence-corrected chi connectivity index (χ2v) is 3.73. The highest BCUT2D eigenvalue weighted by Crippen LogP contribution is 2.26. The van der Waals surface area contributed by atoms with E-state index in [1.54, 1.807) is 13.2 Å². The van der Waals surface area contributed by atoms with Crippen LogP contribution in [-0.2, 0) is 0 Å². The zero-order valence-electron chi connectivity index (χ0n) is 9.62. The van der Waals surface area contributed by atoms with Gasteiger partial charge in [-0.05, 0) is 18.1 Å². The lowest BCUT2D eigenvalue weighted by Gasteiger charge is -2.12. The van der Waals surface area contributed by atoms with E-state index in [1.807, 2.05) is 12.1 Å². The Hall–Kier alpha value is -1.38. The molecule has 1 aromatic rings. The summed E-state index contributed by atoms with van der Waals surface area (Å²) in [4.78, 5) is 0. The number of benzene rings is 1. The highest BCUT2D eigenvalue weighted by atomic mass is 16.5. The lowest BCUT2D eigenvalue weighted by atomic mass is 10.1. The molecular formula is C12H19NO2. The average molecular weight is 209 g/mol. The van der Waals surface area contributed by atoms with Crippen LogP contribution in [0.4, 0.5) is 5.69 Å². The van der Waals surface area contributed by atoms with E-state index in [9.17, 15) is 0 Å². The van der Waals surface area contributed by atoms with Gasteiger partial charge in [-0.3, -0.25) is 0 Å². The van der Waals surface area contributed by atoms with Crippen molar-refractivity contribution in [3.05, 3.63) is 18.2 Å². The number of hydrogen-bond acceptors (Lipinski definition) is 3. The molecule has 0 spiro atoms. The first-order valence-electron chi connectivity index (χ1n) is 5.23. The lowest BCUT2D eigenvalue weighted by molar-refractivity contribution is 0.256. The van der Waals surface area contributed by atoms with Crippen molar-refractivity contribution in [2.75, 3.05) is 19.5 Å². The van der Waals surface area contributed by atoms with E-state index in [4.69, 9.17) is 15.2 Å². The summed E-state index contributed by atoms with van der Waals surface area (Å²) in [6, 6.07) is 5.49. The summed E-state index contributed by atoms with van der Waals surface area (Å²) < 4.78 is 10.7. The predicted octanol–water partition coefficient (Wildman–Crippen LogP) is 2.70.